The molecule has 96 valence electrons. The third-order valence-electron chi connectivity index (χ3n) is 2.70. The molecule has 1 aliphatic carbocycles. The molecule has 0 aliphatic heterocycles. The molecule has 18 heavy (non-hydrogen) atoms. The van der Waals surface area contributed by atoms with Gasteiger partial charge in [-0.2, -0.15) is 0 Å². The van der Waals surface area contributed by atoms with Crippen LogP contribution in [-0.2, 0) is 9.59 Å². The van der Waals surface area contributed by atoms with E-state index in [0.29, 0.717) is 10.9 Å². The molecular formula is C11H8BrClFNO3. The first-order valence-electron chi connectivity index (χ1n) is 5.08. The molecule has 1 aromatic rings. The second-order valence-electron chi connectivity index (χ2n) is 4.02. The highest BCUT2D eigenvalue weighted by molar-refractivity contribution is 9.10. The number of nitrogens with one attached hydrogen (secondary N) is 1. The van der Waals surface area contributed by atoms with Crippen LogP contribution in [0.25, 0.3) is 0 Å². The number of carboxylic acids is 1. The molecule has 0 saturated heterocycles. The van der Waals surface area contributed by atoms with Gasteiger partial charge in [0.1, 0.15) is 5.82 Å². The summed E-state index contributed by atoms with van der Waals surface area (Å²) in [6.45, 7) is 0. The van der Waals surface area contributed by atoms with Gasteiger partial charge in [0, 0.05) is 4.47 Å². The first-order valence-corrected chi connectivity index (χ1v) is 6.25. The highest BCUT2D eigenvalue weighted by Gasteiger charge is 2.48. The molecule has 0 spiro atoms. The molecule has 7 heteroatoms. The molecule has 2 atom stereocenters. The van der Waals surface area contributed by atoms with Crippen LogP contribution in [0.1, 0.15) is 6.42 Å². The van der Waals surface area contributed by atoms with E-state index in [4.69, 9.17) is 16.7 Å². The topological polar surface area (TPSA) is 66.4 Å². The Morgan fingerprint density at radius 2 is 2.11 bits per heavy atom. The fourth-order valence-electron chi connectivity index (χ4n) is 1.64. The number of anilines is 1. The number of hydrogen-bond donors (Lipinski definition) is 2. The number of carbonyl (C=O) groups is 2. The molecule has 0 aromatic heterocycles. The van der Waals surface area contributed by atoms with Crippen molar-refractivity contribution in [3.05, 3.63) is 27.4 Å². The number of carbonyl (C=O) groups excluding carboxylic acids is 1. The lowest BCUT2D eigenvalue weighted by atomic mass is 10.2. The molecule has 0 radical (unpaired) electrons. The second kappa shape index (κ2) is 4.85. The molecule has 2 N–H and O–H groups in total. The molecule has 0 heterocycles. The minimum absolute atomic E-state index is 0.0581. The van der Waals surface area contributed by atoms with Gasteiger partial charge >= 0.3 is 5.97 Å². The Kier molecular flexibility index (Phi) is 3.59. The highest BCUT2D eigenvalue weighted by atomic mass is 79.9. The Labute approximate surface area is 115 Å². The summed E-state index contributed by atoms with van der Waals surface area (Å²) >= 11 is 8.89. The van der Waals surface area contributed by atoms with Gasteiger partial charge in [-0.05, 0) is 34.5 Å². The maximum atomic E-state index is 13.0. The summed E-state index contributed by atoms with van der Waals surface area (Å²) in [5.74, 6) is -3.12. The van der Waals surface area contributed by atoms with E-state index in [1.165, 1.54) is 6.07 Å². The standard InChI is InChI=1S/C11H8BrClFNO3/c12-7-1-4(14)2-8(13)9(7)15-10(16)5-3-6(5)11(17)18/h1-2,5-6H,3H2,(H,15,16)(H,17,18)/t5-,6+/m1/s1. The number of benzene rings is 1. The fourth-order valence-corrected chi connectivity index (χ4v) is 2.53. The van der Waals surface area contributed by atoms with E-state index >= 15 is 0 Å². The van der Waals surface area contributed by atoms with Crippen molar-refractivity contribution in [2.24, 2.45) is 11.8 Å². The van der Waals surface area contributed by atoms with E-state index in [1.54, 1.807) is 0 Å². The molecule has 1 fully saturated rings. The summed E-state index contributed by atoms with van der Waals surface area (Å²) in [6.07, 6.45) is 0.317. The quantitative estimate of drug-likeness (QED) is 0.892. The smallest absolute Gasteiger partial charge is 0.307 e. The van der Waals surface area contributed by atoms with Gasteiger partial charge in [0.2, 0.25) is 5.91 Å². The van der Waals surface area contributed by atoms with Gasteiger partial charge in [-0.1, -0.05) is 11.6 Å². The van der Waals surface area contributed by atoms with Crippen molar-refractivity contribution in [3.8, 4) is 0 Å². The van der Waals surface area contributed by atoms with Crippen molar-refractivity contribution in [2.75, 3.05) is 5.32 Å². The van der Waals surface area contributed by atoms with E-state index in [0.717, 1.165) is 6.07 Å². The molecule has 0 unspecified atom stereocenters. The zero-order chi connectivity index (χ0) is 13.4. The molecule has 2 rings (SSSR count). The third-order valence-corrected chi connectivity index (χ3v) is 3.62. The van der Waals surface area contributed by atoms with Crippen LogP contribution in [0, 0.1) is 17.7 Å². The summed E-state index contributed by atoms with van der Waals surface area (Å²) in [7, 11) is 0. The number of halogens is 3. The number of amides is 1. The average molecular weight is 337 g/mol. The maximum absolute atomic E-state index is 13.0. The summed E-state index contributed by atoms with van der Waals surface area (Å²) in [5, 5.41) is 11.3. The largest absolute Gasteiger partial charge is 0.481 e. The average Bonchev–Trinajstić information content (AvgIpc) is 3.02. The molecule has 1 aliphatic rings. The van der Waals surface area contributed by atoms with Crippen LogP contribution >= 0.6 is 27.5 Å². The SMILES string of the molecule is O=C(O)[C@H]1C[C@H]1C(=O)Nc1c(Cl)cc(F)cc1Br. The first-order chi connectivity index (χ1) is 8.40. The summed E-state index contributed by atoms with van der Waals surface area (Å²) in [6, 6.07) is 2.24. The van der Waals surface area contributed by atoms with Crippen LogP contribution < -0.4 is 5.32 Å². The van der Waals surface area contributed by atoms with Gasteiger partial charge in [0.15, 0.2) is 0 Å². The zero-order valence-corrected chi connectivity index (χ0v) is 11.3. The van der Waals surface area contributed by atoms with E-state index in [-0.39, 0.29) is 10.7 Å². The van der Waals surface area contributed by atoms with Gasteiger partial charge in [0.05, 0.1) is 22.5 Å². The van der Waals surface area contributed by atoms with Gasteiger partial charge in [-0.3, -0.25) is 9.59 Å². The van der Waals surface area contributed by atoms with Crippen molar-refractivity contribution in [1.29, 1.82) is 0 Å². The van der Waals surface area contributed by atoms with Crippen molar-refractivity contribution in [1.82, 2.24) is 0 Å². The monoisotopic (exact) mass is 335 g/mol. The number of hydrogen-bond acceptors (Lipinski definition) is 2. The Morgan fingerprint density at radius 3 is 2.61 bits per heavy atom. The zero-order valence-electron chi connectivity index (χ0n) is 8.91. The normalized spacial score (nSPS) is 21.5. The van der Waals surface area contributed by atoms with Crippen LogP contribution in [0.15, 0.2) is 16.6 Å². The first kappa shape index (κ1) is 13.3. The molecular weight excluding hydrogens is 328 g/mol. The Morgan fingerprint density at radius 1 is 1.44 bits per heavy atom. The summed E-state index contributed by atoms with van der Waals surface area (Å²) in [4.78, 5) is 22.4. The predicted molar refractivity (Wildman–Crippen MR) is 67.0 cm³/mol. The van der Waals surface area contributed by atoms with Gasteiger partial charge < -0.3 is 10.4 Å². The second-order valence-corrected chi connectivity index (χ2v) is 5.28. The molecule has 1 saturated carbocycles. The minimum Gasteiger partial charge on any atom is -0.481 e. The van der Waals surface area contributed by atoms with E-state index < -0.39 is 29.5 Å². The van der Waals surface area contributed by atoms with Crippen molar-refractivity contribution in [2.45, 2.75) is 6.42 Å². The predicted octanol–water partition coefficient (Wildman–Crippen LogP) is 2.90. The maximum Gasteiger partial charge on any atom is 0.307 e. The van der Waals surface area contributed by atoms with E-state index in [2.05, 4.69) is 21.2 Å². The van der Waals surface area contributed by atoms with Crippen molar-refractivity contribution < 1.29 is 19.1 Å². The lowest BCUT2D eigenvalue weighted by molar-refractivity contribution is -0.139. The van der Waals surface area contributed by atoms with Crippen LogP contribution in [0.4, 0.5) is 10.1 Å². The summed E-state index contributed by atoms with van der Waals surface area (Å²) < 4.78 is 13.3. The third kappa shape index (κ3) is 2.64. The summed E-state index contributed by atoms with van der Waals surface area (Å²) in [5.41, 5.74) is 0.249. The number of carboxylic acid groups (broad SMARTS) is 1. The van der Waals surface area contributed by atoms with Crippen LogP contribution in [0.5, 0.6) is 0 Å². The molecule has 4 nitrogen and oxygen atoms in total. The van der Waals surface area contributed by atoms with Gasteiger partial charge in [-0.15, -0.1) is 0 Å². The van der Waals surface area contributed by atoms with Crippen LogP contribution in [0.2, 0.25) is 5.02 Å². The molecule has 0 bridgehead atoms. The molecule has 1 amide bonds. The van der Waals surface area contributed by atoms with Crippen molar-refractivity contribution >= 4 is 45.1 Å². The lowest BCUT2D eigenvalue weighted by Crippen LogP contribution is -2.17. The molecule has 1 aromatic carbocycles. The Hall–Kier alpha value is -1.14. The van der Waals surface area contributed by atoms with E-state index in [1.807, 2.05) is 0 Å². The highest BCUT2D eigenvalue weighted by Crippen LogP contribution is 2.40. The van der Waals surface area contributed by atoms with Crippen molar-refractivity contribution in [3.63, 3.8) is 0 Å². The minimum atomic E-state index is -0.987. The van der Waals surface area contributed by atoms with Crippen LogP contribution in [-0.4, -0.2) is 17.0 Å². The Bertz CT molecular complexity index is 514. The van der Waals surface area contributed by atoms with Gasteiger partial charge in [-0.25, -0.2) is 4.39 Å². The number of rotatable bonds is 3. The van der Waals surface area contributed by atoms with E-state index in [9.17, 15) is 14.0 Å². The van der Waals surface area contributed by atoms with Gasteiger partial charge in [0.25, 0.3) is 0 Å². The fraction of sp³-hybridized carbons (Fsp3) is 0.273. The number of aliphatic carboxylic acids is 1. The van der Waals surface area contributed by atoms with Crippen LogP contribution in [0.3, 0.4) is 0 Å². The lowest BCUT2D eigenvalue weighted by Gasteiger charge is -2.09. The Balaban J connectivity index is 2.11.